The Morgan fingerprint density at radius 3 is 2.35 bits per heavy atom. The third kappa shape index (κ3) is 4.35. The summed E-state index contributed by atoms with van der Waals surface area (Å²) in [6, 6.07) is 13.9. The lowest BCUT2D eigenvalue weighted by Crippen LogP contribution is -2.38. The number of carbonyl (C=O) groups is 1. The van der Waals surface area contributed by atoms with E-state index in [2.05, 4.69) is 37.4 Å². The number of rotatable bonds is 5. The lowest BCUT2D eigenvalue weighted by molar-refractivity contribution is -0.127. The average Bonchev–Trinajstić information content (AvgIpc) is 2.49. The van der Waals surface area contributed by atoms with Crippen molar-refractivity contribution >= 4 is 5.91 Å². The zero-order chi connectivity index (χ0) is 17.0. The standard InChI is InChI=1S/C20H25NO2/c1-13-10-11-18(15(3)12-13)16(4)21-20(22)17(5)23-19-9-7-6-8-14(19)2/h6-12,16-17H,1-5H3,(H,21,22)/t16-,17-/m0/s1. The lowest BCUT2D eigenvalue weighted by Gasteiger charge is -2.21. The Balaban J connectivity index is 2.01. The summed E-state index contributed by atoms with van der Waals surface area (Å²) in [5, 5.41) is 3.03. The van der Waals surface area contributed by atoms with Gasteiger partial charge in [-0.05, 0) is 57.4 Å². The molecule has 3 heteroatoms. The molecule has 1 amide bonds. The normalized spacial score (nSPS) is 13.3. The Labute approximate surface area is 138 Å². The predicted molar refractivity (Wildman–Crippen MR) is 93.7 cm³/mol. The largest absolute Gasteiger partial charge is 0.481 e. The zero-order valence-corrected chi connectivity index (χ0v) is 14.5. The molecule has 0 heterocycles. The Morgan fingerprint density at radius 1 is 1.00 bits per heavy atom. The van der Waals surface area contributed by atoms with Crippen LogP contribution in [0.1, 0.15) is 42.1 Å². The van der Waals surface area contributed by atoms with Crippen molar-refractivity contribution in [2.45, 2.75) is 46.8 Å². The number of carbonyl (C=O) groups excluding carboxylic acids is 1. The highest BCUT2D eigenvalue weighted by Gasteiger charge is 2.19. The first-order valence-electron chi connectivity index (χ1n) is 7.98. The maximum atomic E-state index is 12.4. The molecule has 0 saturated heterocycles. The van der Waals surface area contributed by atoms with Crippen LogP contribution in [0.3, 0.4) is 0 Å². The number of aryl methyl sites for hydroxylation is 3. The number of ether oxygens (including phenoxy) is 1. The average molecular weight is 311 g/mol. The van der Waals surface area contributed by atoms with E-state index >= 15 is 0 Å². The second-order valence-corrected chi connectivity index (χ2v) is 6.12. The summed E-state index contributed by atoms with van der Waals surface area (Å²) in [5.41, 5.74) is 4.56. The molecule has 2 aromatic carbocycles. The molecular weight excluding hydrogens is 286 g/mol. The molecule has 2 rings (SSSR count). The molecule has 0 unspecified atom stereocenters. The molecule has 0 spiro atoms. The molecule has 3 nitrogen and oxygen atoms in total. The Bertz CT molecular complexity index is 694. The van der Waals surface area contributed by atoms with Gasteiger partial charge in [0.2, 0.25) is 0 Å². The van der Waals surface area contributed by atoms with E-state index in [1.165, 1.54) is 11.1 Å². The van der Waals surface area contributed by atoms with Crippen LogP contribution in [0.25, 0.3) is 0 Å². The number of hydrogen-bond donors (Lipinski definition) is 1. The van der Waals surface area contributed by atoms with E-state index < -0.39 is 6.10 Å². The van der Waals surface area contributed by atoms with Gasteiger partial charge in [0.05, 0.1) is 6.04 Å². The minimum atomic E-state index is -0.538. The summed E-state index contributed by atoms with van der Waals surface area (Å²) in [6.07, 6.45) is -0.538. The maximum absolute atomic E-state index is 12.4. The van der Waals surface area contributed by atoms with E-state index in [1.807, 2.05) is 38.1 Å². The fourth-order valence-corrected chi connectivity index (χ4v) is 2.65. The van der Waals surface area contributed by atoms with Gasteiger partial charge in [-0.15, -0.1) is 0 Å². The van der Waals surface area contributed by atoms with Crippen LogP contribution in [0, 0.1) is 20.8 Å². The molecular formula is C20H25NO2. The van der Waals surface area contributed by atoms with Crippen LogP contribution in [-0.2, 0) is 4.79 Å². The van der Waals surface area contributed by atoms with Gasteiger partial charge in [0, 0.05) is 0 Å². The molecule has 0 aromatic heterocycles. The number of hydrogen-bond acceptors (Lipinski definition) is 2. The number of amides is 1. The van der Waals surface area contributed by atoms with Crippen molar-refractivity contribution in [2.75, 3.05) is 0 Å². The SMILES string of the molecule is Cc1ccc([C@H](C)NC(=O)[C@H](C)Oc2ccccc2C)c(C)c1. The predicted octanol–water partition coefficient (Wildman–Crippen LogP) is 4.26. The van der Waals surface area contributed by atoms with Crippen LogP contribution in [0.5, 0.6) is 5.75 Å². The van der Waals surface area contributed by atoms with Crippen molar-refractivity contribution in [1.29, 1.82) is 0 Å². The quantitative estimate of drug-likeness (QED) is 0.896. The summed E-state index contributed by atoms with van der Waals surface area (Å²) in [7, 11) is 0. The van der Waals surface area contributed by atoms with Crippen LogP contribution in [0.2, 0.25) is 0 Å². The van der Waals surface area contributed by atoms with Gasteiger partial charge in [-0.2, -0.15) is 0 Å². The van der Waals surface area contributed by atoms with Gasteiger partial charge in [0.25, 0.3) is 5.91 Å². The third-order valence-corrected chi connectivity index (χ3v) is 4.02. The molecule has 23 heavy (non-hydrogen) atoms. The fourth-order valence-electron chi connectivity index (χ4n) is 2.65. The monoisotopic (exact) mass is 311 g/mol. The zero-order valence-electron chi connectivity index (χ0n) is 14.5. The van der Waals surface area contributed by atoms with Crippen LogP contribution in [0.4, 0.5) is 0 Å². The molecule has 2 aromatic rings. The van der Waals surface area contributed by atoms with E-state index in [-0.39, 0.29) is 11.9 Å². The first kappa shape index (κ1) is 17.1. The van der Waals surface area contributed by atoms with Crippen LogP contribution < -0.4 is 10.1 Å². The number of nitrogens with one attached hydrogen (secondary N) is 1. The van der Waals surface area contributed by atoms with E-state index in [0.717, 1.165) is 16.9 Å². The minimum Gasteiger partial charge on any atom is -0.481 e. The van der Waals surface area contributed by atoms with E-state index in [9.17, 15) is 4.79 Å². The van der Waals surface area contributed by atoms with Gasteiger partial charge >= 0.3 is 0 Å². The van der Waals surface area contributed by atoms with Gasteiger partial charge < -0.3 is 10.1 Å². The summed E-state index contributed by atoms with van der Waals surface area (Å²) in [5.74, 6) is 0.634. The van der Waals surface area contributed by atoms with Crippen molar-refractivity contribution in [3.05, 3.63) is 64.7 Å². The van der Waals surface area contributed by atoms with Crippen LogP contribution in [-0.4, -0.2) is 12.0 Å². The first-order chi connectivity index (χ1) is 10.9. The summed E-state index contributed by atoms with van der Waals surface area (Å²) < 4.78 is 5.78. The Kier molecular flexibility index (Phi) is 5.43. The van der Waals surface area contributed by atoms with Crippen LogP contribution >= 0.6 is 0 Å². The second kappa shape index (κ2) is 7.32. The molecule has 0 saturated carbocycles. The van der Waals surface area contributed by atoms with Crippen molar-refractivity contribution in [1.82, 2.24) is 5.32 Å². The molecule has 0 bridgehead atoms. The van der Waals surface area contributed by atoms with Gasteiger partial charge in [-0.1, -0.05) is 42.0 Å². The molecule has 0 aliphatic carbocycles. The highest BCUT2D eigenvalue weighted by atomic mass is 16.5. The van der Waals surface area contributed by atoms with Crippen molar-refractivity contribution in [3.8, 4) is 5.75 Å². The van der Waals surface area contributed by atoms with Gasteiger partial charge in [-0.25, -0.2) is 0 Å². The Morgan fingerprint density at radius 2 is 1.70 bits per heavy atom. The molecule has 1 N–H and O–H groups in total. The van der Waals surface area contributed by atoms with Crippen molar-refractivity contribution < 1.29 is 9.53 Å². The third-order valence-electron chi connectivity index (χ3n) is 4.02. The topological polar surface area (TPSA) is 38.3 Å². The minimum absolute atomic E-state index is 0.0500. The Hall–Kier alpha value is -2.29. The summed E-state index contributed by atoms with van der Waals surface area (Å²) >= 11 is 0. The van der Waals surface area contributed by atoms with Gasteiger partial charge in [-0.3, -0.25) is 4.79 Å². The highest BCUT2D eigenvalue weighted by Crippen LogP contribution is 2.20. The van der Waals surface area contributed by atoms with Crippen molar-refractivity contribution in [2.24, 2.45) is 0 Å². The fraction of sp³-hybridized carbons (Fsp3) is 0.350. The van der Waals surface area contributed by atoms with E-state index in [1.54, 1.807) is 6.92 Å². The smallest absolute Gasteiger partial charge is 0.261 e. The number of para-hydroxylation sites is 1. The lowest BCUT2D eigenvalue weighted by atomic mass is 10.00. The molecule has 122 valence electrons. The molecule has 0 fully saturated rings. The van der Waals surface area contributed by atoms with Gasteiger partial charge in [0.1, 0.15) is 5.75 Å². The van der Waals surface area contributed by atoms with Crippen molar-refractivity contribution in [3.63, 3.8) is 0 Å². The first-order valence-corrected chi connectivity index (χ1v) is 7.98. The van der Waals surface area contributed by atoms with E-state index in [4.69, 9.17) is 4.74 Å². The van der Waals surface area contributed by atoms with Gasteiger partial charge in [0.15, 0.2) is 6.10 Å². The highest BCUT2D eigenvalue weighted by molar-refractivity contribution is 5.81. The maximum Gasteiger partial charge on any atom is 0.261 e. The summed E-state index contributed by atoms with van der Waals surface area (Å²) in [4.78, 5) is 12.4. The molecule has 2 atom stereocenters. The summed E-state index contributed by atoms with van der Waals surface area (Å²) in [6.45, 7) is 9.88. The molecule has 0 aliphatic rings. The second-order valence-electron chi connectivity index (χ2n) is 6.12. The number of benzene rings is 2. The molecule has 0 radical (unpaired) electrons. The molecule has 0 aliphatic heterocycles. The van der Waals surface area contributed by atoms with E-state index in [0.29, 0.717) is 0 Å². The van der Waals surface area contributed by atoms with Crippen LogP contribution in [0.15, 0.2) is 42.5 Å².